The summed E-state index contributed by atoms with van der Waals surface area (Å²) in [5.74, 6) is 0.194. The molecule has 0 saturated heterocycles. The summed E-state index contributed by atoms with van der Waals surface area (Å²) in [4.78, 5) is 0. The van der Waals surface area contributed by atoms with E-state index in [9.17, 15) is 0 Å². The molecule has 0 saturated carbocycles. The molecule has 0 heterocycles. The predicted octanol–water partition coefficient (Wildman–Crippen LogP) is 11.6. The van der Waals surface area contributed by atoms with E-state index in [2.05, 4.69) is 164 Å². The van der Waals surface area contributed by atoms with Gasteiger partial charge in [-0.2, -0.15) is 0 Å². The molecule has 0 heteroatoms. The Balaban J connectivity index is 1.22. The van der Waals surface area contributed by atoms with E-state index in [-0.39, 0.29) is 5.92 Å². The molecule has 0 spiro atoms. The molecule has 0 aliphatic heterocycles. The van der Waals surface area contributed by atoms with Crippen LogP contribution in [0.15, 0.2) is 164 Å². The molecule has 0 amide bonds. The first-order chi connectivity index (χ1) is 21.3. The molecule has 0 bridgehead atoms. The minimum absolute atomic E-state index is 0.194. The van der Waals surface area contributed by atoms with E-state index in [4.69, 9.17) is 0 Å². The largest absolute Gasteiger partial charge is 0.0622 e. The summed E-state index contributed by atoms with van der Waals surface area (Å²) >= 11 is 0. The molecule has 0 aromatic heterocycles. The maximum Gasteiger partial charge on any atom is 0.0352 e. The summed E-state index contributed by atoms with van der Waals surface area (Å²) in [6.07, 6.45) is 0. The Kier molecular flexibility index (Phi) is 5.36. The summed E-state index contributed by atoms with van der Waals surface area (Å²) in [5, 5.41) is 7.85. The monoisotopic (exact) mass is 544 g/mol. The zero-order valence-electron chi connectivity index (χ0n) is 23.7. The second-order valence-electron chi connectivity index (χ2n) is 11.7. The molecule has 1 aliphatic carbocycles. The van der Waals surface area contributed by atoms with Crippen molar-refractivity contribution in [2.24, 2.45) is 0 Å². The summed E-state index contributed by atoms with van der Waals surface area (Å²) in [6.45, 7) is 0. The van der Waals surface area contributed by atoms with Gasteiger partial charge in [-0.1, -0.05) is 152 Å². The lowest BCUT2D eigenvalue weighted by Gasteiger charge is -2.17. The van der Waals surface area contributed by atoms with Crippen LogP contribution in [0.25, 0.3) is 65.7 Å². The summed E-state index contributed by atoms with van der Waals surface area (Å²) < 4.78 is 0. The quantitative estimate of drug-likeness (QED) is 0.194. The molecule has 200 valence electrons. The van der Waals surface area contributed by atoms with E-state index < -0.39 is 0 Å². The van der Waals surface area contributed by atoms with Crippen LogP contribution < -0.4 is 0 Å². The van der Waals surface area contributed by atoms with Crippen molar-refractivity contribution in [3.8, 4) is 33.4 Å². The standard InChI is InChI=1S/C43H28/c1-2-11-28(12-3-1)30-21-24-39-36-18-8-9-20-40(36)43(42(39)27-30)32-14-10-13-29(25-32)31-22-23-38-35-17-5-4-15-33(35)34-16-6-7-19-37(34)41(38)26-31/h1-27,43H. The summed E-state index contributed by atoms with van der Waals surface area (Å²) in [6, 6.07) is 60.5. The molecule has 1 aliphatic rings. The van der Waals surface area contributed by atoms with Gasteiger partial charge in [-0.05, 0) is 94.5 Å². The van der Waals surface area contributed by atoms with E-state index >= 15 is 0 Å². The van der Waals surface area contributed by atoms with Gasteiger partial charge in [0.05, 0.1) is 0 Å². The topological polar surface area (TPSA) is 0 Å². The van der Waals surface area contributed by atoms with Gasteiger partial charge in [0.1, 0.15) is 0 Å². The Morgan fingerprint density at radius 2 is 0.814 bits per heavy atom. The number of fused-ring (bicyclic) bond motifs is 9. The van der Waals surface area contributed by atoms with Crippen LogP contribution in [0.2, 0.25) is 0 Å². The Morgan fingerprint density at radius 3 is 1.58 bits per heavy atom. The van der Waals surface area contributed by atoms with Gasteiger partial charge in [0.25, 0.3) is 0 Å². The average Bonchev–Trinajstić information content (AvgIpc) is 3.42. The van der Waals surface area contributed by atoms with Crippen LogP contribution in [0.5, 0.6) is 0 Å². The number of hydrogen-bond donors (Lipinski definition) is 0. The fourth-order valence-electron chi connectivity index (χ4n) is 7.36. The molecule has 8 aromatic carbocycles. The van der Waals surface area contributed by atoms with Crippen molar-refractivity contribution >= 4 is 32.3 Å². The van der Waals surface area contributed by atoms with Crippen molar-refractivity contribution in [2.75, 3.05) is 0 Å². The van der Waals surface area contributed by atoms with Gasteiger partial charge in [0, 0.05) is 5.92 Å². The van der Waals surface area contributed by atoms with Crippen molar-refractivity contribution < 1.29 is 0 Å². The lowest BCUT2D eigenvalue weighted by Crippen LogP contribution is -2.00. The average molecular weight is 545 g/mol. The molecule has 43 heavy (non-hydrogen) atoms. The minimum Gasteiger partial charge on any atom is -0.0622 e. The molecular weight excluding hydrogens is 516 g/mol. The van der Waals surface area contributed by atoms with Crippen LogP contribution in [0, 0.1) is 0 Å². The SMILES string of the molecule is c1ccc(-c2ccc3c(c2)C(c2cccc(-c4ccc5c6ccccc6c6ccccc6c5c4)c2)c2ccccc2-3)cc1. The smallest absolute Gasteiger partial charge is 0.0352 e. The fraction of sp³-hybridized carbons (Fsp3) is 0.0233. The highest BCUT2D eigenvalue weighted by molar-refractivity contribution is 6.25. The van der Waals surface area contributed by atoms with Gasteiger partial charge in [-0.25, -0.2) is 0 Å². The molecule has 1 unspecified atom stereocenters. The van der Waals surface area contributed by atoms with E-state index in [1.165, 1.54) is 82.4 Å². The summed E-state index contributed by atoms with van der Waals surface area (Å²) in [5.41, 5.74) is 11.8. The van der Waals surface area contributed by atoms with E-state index in [1.54, 1.807) is 0 Å². The number of benzene rings is 8. The second kappa shape index (κ2) is 9.54. The molecule has 0 nitrogen and oxygen atoms in total. The first kappa shape index (κ1) is 24.2. The molecule has 0 radical (unpaired) electrons. The van der Waals surface area contributed by atoms with Crippen molar-refractivity contribution in [3.63, 3.8) is 0 Å². The third-order valence-corrected chi connectivity index (χ3v) is 9.33. The molecule has 9 rings (SSSR count). The van der Waals surface area contributed by atoms with Crippen molar-refractivity contribution in [2.45, 2.75) is 5.92 Å². The molecule has 8 aromatic rings. The molecule has 0 fully saturated rings. The second-order valence-corrected chi connectivity index (χ2v) is 11.7. The van der Waals surface area contributed by atoms with Crippen molar-refractivity contribution in [1.82, 2.24) is 0 Å². The van der Waals surface area contributed by atoms with Crippen LogP contribution in [0.4, 0.5) is 0 Å². The Morgan fingerprint density at radius 1 is 0.279 bits per heavy atom. The van der Waals surface area contributed by atoms with Crippen LogP contribution in [-0.2, 0) is 0 Å². The van der Waals surface area contributed by atoms with Crippen LogP contribution in [0.3, 0.4) is 0 Å². The van der Waals surface area contributed by atoms with Gasteiger partial charge < -0.3 is 0 Å². The van der Waals surface area contributed by atoms with Gasteiger partial charge in [-0.15, -0.1) is 0 Å². The minimum atomic E-state index is 0.194. The number of rotatable bonds is 3. The zero-order valence-corrected chi connectivity index (χ0v) is 23.7. The first-order valence-electron chi connectivity index (χ1n) is 15.1. The van der Waals surface area contributed by atoms with Crippen LogP contribution in [0.1, 0.15) is 22.6 Å². The third kappa shape index (κ3) is 3.77. The molecule has 0 N–H and O–H groups in total. The van der Waals surface area contributed by atoms with Gasteiger partial charge in [0.2, 0.25) is 0 Å². The lowest BCUT2D eigenvalue weighted by molar-refractivity contribution is 1.02. The van der Waals surface area contributed by atoms with Gasteiger partial charge in [0.15, 0.2) is 0 Å². The maximum atomic E-state index is 2.41. The van der Waals surface area contributed by atoms with Crippen molar-refractivity contribution in [1.29, 1.82) is 0 Å². The van der Waals surface area contributed by atoms with Gasteiger partial charge >= 0.3 is 0 Å². The Bertz CT molecular complexity index is 2310. The van der Waals surface area contributed by atoms with E-state index in [0.717, 1.165) is 0 Å². The Hall–Kier alpha value is -5.46. The highest BCUT2D eigenvalue weighted by Crippen LogP contribution is 2.49. The molecular formula is C43H28. The highest BCUT2D eigenvalue weighted by atomic mass is 14.3. The first-order valence-corrected chi connectivity index (χ1v) is 15.1. The fourth-order valence-corrected chi connectivity index (χ4v) is 7.36. The highest BCUT2D eigenvalue weighted by Gasteiger charge is 2.30. The molecule has 1 atom stereocenters. The van der Waals surface area contributed by atoms with Crippen LogP contribution >= 0.6 is 0 Å². The predicted molar refractivity (Wildman–Crippen MR) is 183 cm³/mol. The summed E-state index contributed by atoms with van der Waals surface area (Å²) in [7, 11) is 0. The normalized spacial score (nSPS) is 13.8. The van der Waals surface area contributed by atoms with Gasteiger partial charge in [-0.3, -0.25) is 0 Å². The zero-order chi connectivity index (χ0) is 28.3. The Labute approximate surface area is 251 Å². The van der Waals surface area contributed by atoms with Crippen LogP contribution in [-0.4, -0.2) is 0 Å². The third-order valence-electron chi connectivity index (χ3n) is 9.33. The van der Waals surface area contributed by atoms with Crippen molar-refractivity contribution in [3.05, 3.63) is 180 Å². The van der Waals surface area contributed by atoms with E-state index in [0.29, 0.717) is 0 Å². The number of hydrogen-bond acceptors (Lipinski definition) is 0. The lowest BCUT2D eigenvalue weighted by atomic mass is 9.86. The maximum absolute atomic E-state index is 2.41. The van der Waals surface area contributed by atoms with E-state index in [1.807, 2.05) is 0 Å².